The molecule has 6 nitrogen and oxygen atoms in total. The minimum atomic E-state index is -0.244. The third-order valence-electron chi connectivity index (χ3n) is 4.96. The fourth-order valence-corrected chi connectivity index (χ4v) is 3.38. The quantitative estimate of drug-likeness (QED) is 0.799. The van der Waals surface area contributed by atoms with Gasteiger partial charge in [-0.3, -0.25) is 9.59 Å². The Morgan fingerprint density at radius 1 is 1.07 bits per heavy atom. The van der Waals surface area contributed by atoms with Crippen LogP contribution < -0.4 is 19.7 Å². The van der Waals surface area contributed by atoms with Gasteiger partial charge in [0.2, 0.25) is 5.91 Å². The van der Waals surface area contributed by atoms with Gasteiger partial charge >= 0.3 is 0 Å². The Morgan fingerprint density at radius 2 is 1.79 bits per heavy atom. The molecule has 1 aliphatic carbocycles. The van der Waals surface area contributed by atoms with Gasteiger partial charge in [-0.15, -0.1) is 0 Å². The van der Waals surface area contributed by atoms with Gasteiger partial charge in [0.05, 0.1) is 6.61 Å². The van der Waals surface area contributed by atoms with Gasteiger partial charge in [0, 0.05) is 23.8 Å². The summed E-state index contributed by atoms with van der Waals surface area (Å²) in [6.07, 6.45) is 2.84. The Labute approximate surface area is 164 Å². The summed E-state index contributed by atoms with van der Waals surface area (Å²) in [5.41, 5.74) is 2.74. The summed E-state index contributed by atoms with van der Waals surface area (Å²) in [4.78, 5) is 26.5. The molecule has 2 aliphatic rings. The van der Waals surface area contributed by atoms with Crippen LogP contribution in [-0.4, -0.2) is 31.6 Å². The monoisotopic (exact) mass is 380 g/mol. The van der Waals surface area contributed by atoms with Gasteiger partial charge in [0.15, 0.2) is 6.61 Å². The Hall–Kier alpha value is -3.02. The second kappa shape index (κ2) is 7.92. The van der Waals surface area contributed by atoms with Crippen molar-refractivity contribution >= 4 is 23.2 Å². The molecule has 28 heavy (non-hydrogen) atoms. The van der Waals surface area contributed by atoms with Crippen LogP contribution in [0.1, 0.15) is 25.3 Å². The molecule has 0 bridgehead atoms. The second-order valence-corrected chi connectivity index (χ2v) is 7.10. The van der Waals surface area contributed by atoms with E-state index in [4.69, 9.17) is 9.47 Å². The van der Waals surface area contributed by atoms with E-state index in [1.807, 2.05) is 42.2 Å². The molecule has 0 radical (unpaired) electrons. The summed E-state index contributed by atoms with van der Waals surface area (Å²) in [5.74, 6) is 1.52. The van der Waals surface area contributed by atoms with E-state index >= 15 is 0 Å². The lowest BCUT2D eigenvalue weighted by atomic mass is 10.1. The third kappa shape index (κ3) is 4.11. The van der Waals surface area contributed by atoms with E-state index in [2.05, 4.69) is 5.32 Å². The highest BCUT2D eigenvalue weighted by Crippen LogP contribution is 2.37. The van der Waals surface area contributed by atoms with E-state index in [1.54, 1.807) is 12.1 Å². The molecule has 0 saturated heterocycles. The summed E-state index contributed by atoms with van der Waals surface area (Å²) in [5, 5.41) is 2.85. The maximum atomic E-state index is 12.4. The number of nitrogens with one attached hydrogen (secondary N) is 1. The molecule has 2 aromatic rings. The summed E-state index contributed by atoms with van der Waals surface area (Å²) in [6, 6.07) is 12.9. The lowest BCUT2D eigenvalue weighted by Crippen LogP contribution is -2.30. The molecule has 0 unspecified atom stereocenters. The van der Waals surface area contributed by atoms with Crippen molar-refractivity contribution in [2.75, 3.05) is 30.0 Å². The highest BCUT2D eigenvalue weighted by atomic mass is 16.5. The third-order valence-corrected chi connectivity index (χ3v) is 4.96. The van der Waals surface area contributed by atoms with Gasteiger partial charge in [-0.05, 0) is 68.1 Å². The number of carbonyl (C=O) groups excluding carboxylic acids is 2. The average molecular weight is 380 g/mol. The molecule has 1 heterocycles. The lowest BCUT2D eigenvalue weighted by molar-refractivity contribution is -0.119. The van der Waals surface area contributed by atoms with Gasteiger partial charge in [-0.25, -0.2) is 0 Å². The minimum Gasteiger partial charge on any atom is -0.494 e. The molecule has 6 heteroatoms. The molecule has 146 valence electrons. The first-order chi connectivity index (χ1) is 13.6. The minimum absolute atomic E-state index is 0.0875. The molecule has 1 N–H and O–H groups in total. The van der Waals surface area contributed by atoms with Gasteiger partial charge in [0.1, 0.15) is 11.5 Å². The molecule has 1 saturated carbocycles. The van der Waals surface area contributed by atoms with Crippen LogP contribution in [0.2, 0.25) is 0 Å². The standard InChI is InChI=1S/C22H24N2O4/c1-2-27-18-7-9-19(10-8-18)28-14-21(25)23-17-6-5-15-11-12-24(20(15)13-17)22(26)16-3-4-16/h5-10,13,16H,2-4,11-12,14H2,1H3,(H,23,25). The number of benzene rings is 2. The fraction of sp³-hybridized carbons (Fsp3) is 0.364. The summed E-state index contributed by atoms with van der Waals surface area (Å²) < 4.78 is 10.9. The van der Waals surface area contributed by atoms with E-state index < -0.39 is 0 Å². The van der Waals surface area contributed by atoms with Crippen LogP contribution in [-0.2, 0) is 16.0 Å². The number of rotatable bonds is 7. The number of carbonyl (C=O) groups is 2. The number of nitrogens with zero attached hydrogens (tertiary/aromatic N) is 1. The summed E-state index contributed by atoms with van der Waals surface area (Å²) in [7, 11) is 0. The van der Waals surface area contributed by atoms with Crippen molar-refractivity contribution in [1.82, 2.24) is 0 Å². The first-order valence-corrected chi connectivity index (χ1v) is 9.74. The number of amides is 2. The van der Waals surface area contributed by atoms with Crippen LogP contribution in [0.3, 0.4) is 0 Å². The van der Waals surface area contributed by atoms with Crippen molar-refractivity contribution in [3.63, 3.8) is 0 Å². The Morgan fingerprint density at radius 3 is 2.46 bits per heavy atom. The first-order valence-electron chi connectivity index (χ1n) is 9.74. The summed E-state index contributed by atoms with van der Waals surface area (Å²) >= 11 is 0. The van der Waals surface area contributed by atoms with Crippen LogP contribution >= 0.6 is 0 Å². The number of hydrogen-bond acceptors (Lipinski definition) is 4. The number of fused-ring (bicyclic) bond motifs is 1. The molecular formula is C22H24N2O4. The molecule has 0 spiro atoms. The molecular weight excluding hydrogens is 356 g/mol. The van der Waals surface area contributed by atoms with E-state index in [1.165, 1.54) is 0 Å². The average Bonchev–Trinajstić information content (AvgIpc) is 3.47. The molecule has 0 atom stereocenters. The summed E-state index contributed by atoms with van der Waals surface area (Å²) in [6.45, 7) is 3.17. The predicted molar refractivity (Wildman–Crippen MR) is 107 cm³/mol. The smallest absolute Gasteiger partial charge is 0.262 e. The van der Waals surface area contributed by atoms with E-state index in [0.717, 1.165) is 42.8 Å². The highest BCUT2D eigenvalue weighted by Gasteiger charge is 2.36. The molecule has 1 aliphatic heterocycles. The maximum absolute atomic E-state index is 12.4. The number of hydrogen-bond donors (Lipinski definition) is 1. The zero-order valence-corrected chi connectivity index (χ0v) is 15.9. The van der Waals surface area contributed by atoms with E-state index in [9.17, 15) is 9.59 Å². The zero-order chi connectivity index (χ0) is 19.5. The van der Waals surface area contributed by atoms with E-state index in [-0.39, 0.29) is 24.3 Å². The van der Waals surface area contributed by atoms with E-state index in [0.29, 0.717) is 18.0 Å². The van der Waals surface area contributed by atoms with Crippen LogP contribution in [0.25, 0.3) is 0 Å². The van der Waals surface area contributed by atoms with Crippen molar-refractivity contribution in [3.8, 4) is 11.5 Å². The van der Waals surface area contributed by atoms with Crippen molar-refractivity contribution < 1.29 is 19.1 Å². The largest absolute Gasteiger partial charge is 0.494 e. The number of ether oxygens (including phenoxy) is 2. The highest BCUT2D eigenvalue weighted by molar-refractivity contribution is 5.99. The molecule has 4 rings (SSSR count). The SMILES string of the molecule is CCOc1ccc(OCC(=O)Nc2ccc3c(c2)N(C(=O)C2CC2)CC3)cc1. The Balaban J connectivity index is 1.34. The van der Waals surface area contributed by atoms with Gasteiger partial charge in [-0.1, -0.05) is 6.07 Å². The van der Waals surface area contributed by atoms with Crippen LogP contribution in [0, 0.1) is 5.92 Å². The normalized spacial score (nSPS) is 15.1. The fourth-order valence-electron chi connectivity index (χ4n) is 3.38. The number of anilines is 2. The zero-order valence-electron chi connectivity index (χ0n) is 15.9. The maximum Gasteiger partial charge on any atom is 0.262 e. The Kier molecular flexibility index (Phi) is 5.19. The van der Waals surface area contributed by atoms with Gasteiger partial charge in [0.25, 0.3) is 5.91 Å². The molecule has 2 aromatic carbocycles. The van der Waals surface area contributed by atoms with Crippen LogP contribution in [0.4, 0.5) is 11.4 Å². The van der Waals surface area contributed by atoms with Crippen molar-refractivity contribution in [2.24, 2.45) is 5.92 Å². The van der Waals surface area contributed by atoms with Crippen LogP contribution in [0.5, 0.6) is 11.5 Å². The van der Waals surface area contributed by atoms with Gasteiger partial charge in [-0.2, -0.15) is 0 Å². The van der Waals surface area contributed by atoms with Crippen molar-refractivity contribution in [3.05, 3.63) is 48.0 Å². The predicted octanol–water partition coefficient (Wildman–Crippen LogP) is 3.40. The molecule has 2 amide bonds. The molecule has 1 fully saturated rings. The van der Waals surface area contributed by atoms with Crippen LogP contribution in [0.15, 0.2) is 42.5 Å². The lowest BCUT2D eigenvalue weighted by Gasteiger charge is -2.18. The van der Waals surface area contributed by atoms with Crippen molar-refractivity contribution in [1.29, 1.82) is 0 Å². The first kappa shape index (κ1) is 18.3. The van der Waals surface area contributed by atoms with Gasteiger partial charge < -0.3 is 19.7 Å². The molecule has 0 aromatic heterocycles. The Bertz CT molecular complexity index is 875. The topological polar surface area (TPSA) is 67.9 Å². The van der Waals surface area contributed by atoms with Crippen molar-refractivity contribution in [2.45, 2.75) is 26.2 Å². The second-order valence-electron chi connectivity index (χ2n) is 7.10.